The zero-order valence-electron chi connectivity index (χ0n) is 12.9. The van der Waals surface area contributed by atoms with Gasteiger partial charge in [0.05, 0.1) is 12.8 Å². The van der Waals surface area contributed by atoms with E-state index < -0.39 is 0 Å². The Morgan fingerprint density at radius 2 is 2.23 bits per heavy atom. The van der Waals surface area contributed by atoms with Crippen molar-refractivity contribution < 1.29 is 14.3 Å². The molecule has 0 aliphatic rings. The SMILES string of the molecule is CCOCCCNC(=O)c1cc(-c2cccc(OC)c2)n[nH]1. The van der Waals surface area contributed by atoms with Gasteiger partial charge in [-0.2, -0.15) is 5.10 Å². The number of rotatable bonds is 8. The average molecular weight is 303 g/mol. The molecule has 1 heterocycles. The van der Waals surface area contributed by atoms with Crippen LogP contribution in [0.4, 0.5) is 0 Å². The lowest BCUT2D eigenvalue weighted by atomic mass is 10.1. The lowest BCUT2D eigenvalue weighted by Gasteiger charge is -2.03. The Bertz CT molecular complexity index is 610. The van der Waals surface area contributed by atoms with Gasteiger partial charge in [-0.05, 0) is 31.5 Å². The molecule has 6 nitrogen and oxygen atoms in total. The normalized spacial score (nSPS) is 10.5. The van der Waals surface area contributed by atoms with Crippen LogP contribution in [0.25, 0.3) is 11.3 Å². The zero-order valence-corrected chi connectivity index (χ0v) is 12.9. The van der Waals surface area contributed by atoms with E-state index in [9.17, 15) is 4.79 Å². The summed E-state index contributed by atoms with van der Waals surface area (Å²) in [5.41, 5.74) is 2.04. The highest BCUT2D eigenvalue weighted by Crippen LogP contribution is 2.22. The lowest BCUT2D eigenvalue weighted by molar-refractivity contribution is 0.0939. The van der Waals surface area contributed by atoms with Crippen molar-refractivity contribution in [3.63, 3.8) is 0 Å². The van der Waals surface area contributed by atoms with Gasteiger partial charge in [0, 0.05) is 25.3 Å². The first-order chi connectivity index (χ1) is 10.7. The van der Waals surface area contributed by atoms with Crippen LogP contribution in [-0.4, -0.2) is 43.0 Å². The third-order valence-electron chi connectivity index (χ3n) is 3.14. The Kier molecular flexibility index (Phi) is 5.97. The molecule has 2 N–H and O–H groups in total. The van der Waals surface area contributed by atoms with Crippen molar-refractivity contribution in [2.75, 3.05) is 26.9 Å². The minimum atomic E-state index is -0.168. The number of benzene rings is 1. The van der Waals surface area contributed by atoms with Crippen LogP contribution in [0.2, 0.25) is 0 Å². The fourth-order valence-electron chi connectivity index (χ4n) is 1.98. The molecular formula is C16H21N3O3. The number of carbonyl (C=O) groups excluding carboxylic acids is 1. The van der Waals surface area contributed by atoms with Crippen LogP contribution in [0.1, 0.15) is 23.8 Å². The molecule has 6 heteroatoms. The molecule has 0 saturated carbocycles. The van der Waals surface area contributed by atoms with Crippen LogP contribution in [-0.2, 0) is 4.74 Å². The molecule has 0 fully saturated rings. The zero-order chi connectivity index (χ0) is 15.8. The number of ether oxygens (including phenoxy) is 2. The van der Waals surface area contributed by atoms with E-state index in [1.54, 1.807) is 13.2 Å². The Balaban J connectivity index is 1.94. The second-order valence-corrected chi connectivity index (χ2v) is 4.71. The summed E-state index contributed by atoms with van der Waals surface area (Å²) >= 11 is 0. The maximum atomic E-state index is 12.0. The fraction of sp³-hybridized carbons (Fsp3) is 0.375. The molecule has 1 amide bonds. The lowest BCUT2D eigenvalue weighted by Crippen LogP contribution is -2.25. The highest BCUT2D eigenvalue weighted by Gasteiger charge is 2.10. The number of methoxy groups -OCH3 is 1. The van der Waals surface area contributed by atoms with E-state index in [0.29, 0.717) is 31.1 Å². The molecule has 2 rings (SSSR count). The van der Waals surface area contributed by atoms with E-state index in [0.717, 1.165) is 17.7 Å². The molecule has 0 bridgehead atoms. The molecule has 0 unspecified atom stereocenters. The van der Waals surface area contributed by atoms with E-state index in [-0.39, 0.29) is 5.91 Å². The second kappa shape index (κ2) is 8.19. The van der Waals surface area contributed by atoms with E-state index in [1.165, 1.54) is 0 Å². The number of nitrogens with one attached hydrogen (secondary N) is 2. The van der Waals surface area contributed by atoms with E-state index in [1.807, 2.05) is 31.2 Å². The molecule has 0 radical (unpaired) electrons. The fourth-order valence-corrected chi connectivity index (χ4v) is 1.98. The van der Waals surface area contributed by atoms with Crippen LogP contribution in [0.3, 0.4) is 0 Å². The summed E-state index contributed by atoms with van der Waals surface area (Å²) in [6.45, 7) is 3.86. The van der Waals surface area contributed by atoms with Crippen molar-refractivity contribution in [2.45, 2.75) is 13.3 Å². The molecule has 2 aromatic rings. The largest absolute Gasteiger partial charge is 0.497 e. The van der Waals surface area contributed by atoms with Crippen molar-refractivity contribution in [1.29, 1.82) is 0 Å². The van der Waals surface area contributed by atoms with Crippen LogP contribution in [0, 0.1) is 0 Å². The molecule has 1 aromatic heterocycles. The molecule has 0 aliphatic carbocycles. The van der Waals surface area contributed by atoms with Gasteiger partial charge in [-0.3, -0.25) is 9.89 Å². The molecule has 118 valence electrons. The first-order valence-electron chi connectivity index (χ1n) is 7.30. The van der Waals surface area contributed by atoms with Gasteiger partial charge in [0.15, 0.2) is 0 Å². The summed E-state index contributed by atoms with van der Waals surface area (Å²) in [4.78, 5) is 12.0. The maximum absolute atomic E-state index is 12.0. The average Bonchev–Trinajstić information content (AvgIpc) is 3.04. The Labute approximate surface area is 129 Å². The predicted octanol–water partition coefficient (Wildman–Crippen LogP) is 2.24. The molecule has 22 heavy (non-hydrogen) atoms. The monoisotopic (exact) mass is 303 g/mol. The summed E-state index contributed by atoms with van der Waals surface area (Å²) in [6, 6.07) is 9.27. The minimum absolute atomic E-state index is 0.168. The molecule has 1 aromatic carbocycles. The van der Waals surface area contributed by atoms with Crippen LogP contribution in [0.5, 0.6) is 5.75 Å². The Morgan fingerprint density at radius 1 is 1.36 bits per heavy atom. The maximum Gasteiger partial charge on any atom is 0.269 e. The van der Waals surface area contributed by atoms with E-state index in [4.69, 9.17) is 9.47 Å². The number of hydrogen-bond donors (Lipinski definition) is 2. The van der Waals surface area contributed by atoms with Crippen molar-refractivity contribution in [3.05, 3.63) is 36.0 Å². The third kappa shape index (κ3) is 4.33. The summed E-state index contributed by atoms with van der Waals surface area (Å²) in [5, 5.41) is 9.76. The van der Waals surface area contributed by atoms with Crippen LogP contribution < -0.4 is 10.1 Å². The first-order valence-corrected chi connectivity index (χ1v) is 7.30. The minimum Gasteiger partial charge on any atom is -0.497 e. The van der Waals surface area contributed by atoms with Crippen molar-refractivity contribution in [2.24, 2.45) is 0 Å². The van der Waals surface area contributed by atoms with Gasteiger partial charge in [-0.25, -0.2) is 0 Å². The summed E-state index contributed by atoms with van der Waals surface area (Å²) in [5.74, 6) is 0.584. The number of H-pyrrole nitrogens is 1. The van der Waals surface area contributed by atoms with Gasteiger partial charge in [0.1, 0.15) is 11.4 Å². The number of nitrogens with zero attached hydrogens (tertiary/aromatic N) is 1. The smallest absolute Gasteiger partial charge is 0.269 e. The predicted molar refractivity (Wildman–Crippen MR) is 84.0 cm³/mol. The van der Waals surface area contributed by atoms with Crippen molar-refractivity contribution in [3.8, 4) is 17.0 Å². The van der Waals surface area contributed by atoms with Crippen molar-refractivity contribution in [1.82, 2.24) is 15.5 Å². The van der Waals surface area contributed by atoms with Gasteiger partial charge in [0.25, 0.3) is 5.91 Å². The van der Waals surface area contributed by atoms with Gasteiger partial charge in [0.2, 0.25) is 0 Å². The third-order valence-corrected chi connectivity index (χ3v) is 3.14. The summed E-state index contributed by atoms with van der Waals surface area (Å²) in [6.07, 6.45) is 0.788. The van der Waals surface area contributed by atoms with E-state index in [2.05, 4.69) is 15.5 Å². The van der Waals surface area contributed by atoms with Crippen LogP contribution in [0.15, 0.2) is 30.3 Å². The number of hydrogen-bond acceptors (Lipinski definition) is 4. The molecular weight excluding hydrogens is 282 g/mol. The van der Waals surface area contributed by atoms with Gasteiger partial charge < -0.3 is 14.8 Å². The Morgan fingerprint density at radius 3 is 3.00 bits per heavy atom. The second-order valence-electron chi connectivity index (χ2n) is 4.71. The standard InChI is InChI=1S/C16H21N3O3/c1-3-22-9-5-8-17-16(20)15-11-14(18-19-15)12-6-4-7-13(10-12)21-2/h4,6-7,10-11H,3,5,8-9H2,1-2H3,(H,17,20)(H,18,19). The number of aromatic amines is 1. The molecule has 0 saturated heterocycles. The molecule has 0 aliphatic heterocycles. The quantitative estimate of drug-likeness (QED) is 0.733. The summed E-state index contributed by atoms with van der Waals surface area (Å²) < 4.78 is 10.4. The number of carbonyl (C=O) groups is 1. The van der Waals surface area contributed by atoms with Gasteiger partial charge >= 0.3 is 0 Å². The first kappa shape index (κ1) is 16.0. The molecule has 0 spiro atoms. The topological polar surface area (TPSA) is 76.2 Å². The van der Waals surface area contributed by atoms with Gasteiger partial charge in [-0.1, -0.05) is 12.1 Å². The highest BCUT2D eigenvalue weighted by molar-refractivity contribution is 5.93. The molecule has 0 atom stereocenters. The Hall–Kier alpha value is -2.34. The van der Waals surface area contributed by atoms with E-state index >= 15 is 0 Å². The highest BCUT2D eigenvalue weighted by atomic mass is 16.5. The number of amides is 1. The van der Waals surface area contributed by atoms with Crippen molar-refractivity contribution >= 4 is 5.91 Å². The van der Waals surface area contributed by atoms with Gasteiger partial charge in [-0.15, -0.1) is 0 Å². The van der Waals surface area contributed by atoms with Crippen LogP contribution >= 0.6 is 0 Å². The number of aromatic nitrogens is 2. The summed E-state index contributed by atoms with van der Waals surface area (Å²) in [7, 11) is 1.62.